The van der Waals surface area contributed by atoms with Gasteiger partial charge in [-0.2, -0.15) is 0 Å². The average molecular weight is 303 g/mol. The maximum atomic E-state index is 12.5. The Balaban J connectivity index is 1.75. The summed E-state index contributed by atoms with van der Waals surface area (Å²) in [4.78, 5) is 17.0. The molecule has 104 valence electrons. The summed E-state index contributed by atoms with van der Waals surface area (Å²) in [5.41, 5.74) is 0.857. The van der Waals surface area contributed by atoms with E-state index in [1.807, 2.05) is 23.1 Å². The van der Waals surface area contributed by atoms with E-state index in [4.69, 9.17) is 0 Å². The summed E-state index contributed by atoms with van der Waals surface area (Å²) in [5, 5.41) is 2.09. The van der Waals surface area contributed by atoms with Crippen molar-refractivity contribution in [2.24, 2.45) is 0 Å². The summed E-state index contributed by atoms with van der Waals surface area (Å²) in [7, 11) is 0. The molecular formula is C16H17NOS2. The highest BCUT2D eigenvalue weighted by atomic mass is 32.2. The van der Waals surface area contributed by atoms with Crippen LogP contribution in [-0.4, -0.2) is 23.9 Å². The molecule has 0 unspecified atom stereocenters. The Hall–Kier alpha value is -1.26. The van der Waals surface area contributed by atoms with Gasteiger partial charge in [0.15, 0.2) is 0 Å². The zero-order chi connectivity index (χ0) is 13.8. The molecule has 0 atom stereocenters. The fourth-order valence-corrected chi connectivity index (χ4v) is 4.22. The first-order valence-electron chi connectivity index (χ1n) is 6.88. The smallest absolute Gasteiger partial charge is 0.254 e. The van der Waals surface area contributed by atoms with Gasteiger partial charge in [-0.1, -0.05) is 18.2 Å². The number of amides is 1. The van der Waals surface area contributed by atoms with Crippen LogP contribution in [0.3, 0.4) is 0 Å². The number of thiophene rings is 1. The molecule has 1 aliphatic heterocycles. The van der Waals surface area contributed by atoms with E-state index in [1.165, 1.54) is 4.88 Å². The Morgan fingerprint density at radius 1 is 1.15 bits per heavy atom. The van der Waals surface area contributed by atoms with Crippen LogP contribution in [0.15, 0.2) is 46.7 Å². The number of thioether (sulfide) groups is 1. The Labute approximate surface area is 127 Å². The van der Waals surface area contributed by atoms with Gasteiger partial charge in [0.25, 0.3) is 5.91 Å². The van der Waals surface area contributed by atoms with Gasteiger partial charge in [-0.25, -0.2) is 0 Å². The van der Waals surface area contributed by atoms with E-state index in [0.29, 0.717) is 0 Å². The molecule has 0 bridgehead atoms. The maximum absolute atomic E-state index is 12.5. The summed E-state index contributed by atoms with van der Waals surface area (Å²) in [5.74, 6) is 1.12. The monoisotopic (exact) mass is 303 g/mol. The molecule has 2 aromatic rings. The third-order valence-corrected chi connectivity index (χ3v) is 5.64. The highest BCUT2D eigenvalue weighted by Crippen LogP contribution is 2.29. The summed E-state index contributed by atoms with van der Waals surface area (Å²) in [6.45, 7) is 1.81. The van der Waals surface area contributed by atoms with Crippen LogP contribution in [0.4, 0.5) is 0 Å². The standard InChI is InChI=1S/C16H17NOS2/c18-16(17-9-3-4-10-17)14-7-1-2-8-15(14)20-12-13-6-5-11-19-13/h1-2,5-8,11H,3-4,9-10,12H2. The van der Waals surface area contributed by atoms with E-state index in [9.17, 15) is 4.79 Å². The molecule has 2 nitrogen and oxygen atoms in total. The lowest BCUT2D eigenvalue weighted by atomic mass is 10.2. The second kappa shape index (κ2) is 6.46. The van der Waals surface area contributed by atoms with Gasteiger partial charge in [-0.3, -0.25) is 4.79 Å². The predicted molar refractivity (Wildman–Crippen MR) is 85.5 cm³/mol. The van der Waals surface area contributed by atoms with Gasteiger partial charge in [0.05, 0.1) is 5.56 Å². The van der Waals surface area contributed by atoms with Crippen molar-refractivity contribution < 1.29 is 4.79 Å². The SMILES string of the molecule is O=C(c1ccccc1SCc1cccs1)N1CCCC1. The molecule has 4 heteroatoms. The predicted octanol–water partition coefficient (Wildman–Crippen LogP) is 4.28. The average Bonchev–Trinajstić information content (AvgIpc) is 3.18. The van der Waals surface area contributed by atoms with E-state index >= 15 is 0 Å². The summed E-state index contributed by atoms with van der Waals surface area (Å²) < 4.78 is 0. The Morgan fingerprint density at radius 2 is 1.95 bits per heavy atom. The topological polar surface area (TPSA) is 20.3 Å². The molecule has 0 N–H and O–H groups in total. The molecule has 0 aliphatic carbocycles. The van der Waals surface area contributed by atoms with Gasteiger partial charge in [-0.15, -0.1) is 23.1 Å². The van der Waals surface area contributed by atoms with Crippen molar-refractivity contribution in [1.29, 1.82) is 0 Å². The highest BCUT2D eigenvalue weighted by Gasteiger charge is 2.21. The van der Waals surface area contributed by atoms with Gasteiger partial charge in [-0.05, 0) is 36.4 Å². The molecular weight excluding hydrogens is 286 g/mol. The third kappa shape index (κ3) is 3.07. The quantitative estimate of drug-likeness (QED) is 0.786. The lowest BCUT2D eigenvalue weighted by Crippen LogP contribution is -2.28. The first kappa shape index (κ1) is 13.7. The van der Waals surface area contributed by atoms with Crippen LogP contribution >= 0.6 is 23.1 Å². The van der Waals surface area contributed by atoms with Crippen molar-refractivity contribution in [3.05, 3.63) is 52.2 Å². The Morgan fingerprint density at radius 3 is 2.70 bits per heavy atom. The van der Waals surface area contributed by atoms with Crippen LogP contribution in [0.1, 0.15) is 28.1 Å². The van der Waals surface area contributed by atoms with Crippen LogP contribution in [-0.2, 0) is 5.75 Å². The lowest BCUT2D eigenvalue weighted by molar-refractivity contribution is 0.0789. The van der Waals surface area contributed by atoms with E-state index < -0.39 is 0 Å². The molecule has 1 aromatic heterocycles. The third-order valence-electron chi connectivity index (χ3n) is 3.46. The van der Waals surface area contributed by atoms with Crippen LogP contribution in [0, 0.1) is 0 Å². The lowest BCUT2D eigenvalue weighted by Gasteiger charge is -2.17. The van der Waals surface area contributed by atoms with Crippen molar-refractivity contribution in [2.45, 2.75) is 23.5 Å². The minimum atomic E-state index is 0.191. The van der Waals surface area contributed by atoms with E-state index in [1.54, 1.807) is 23.1 Å². The molecule has 0 spiro atoms. The van der Waals surface area contributed by atoms with E-state index in [2.05, 4.69) is 23.6 Å². The zero-order valence-corrected chi connectivity index (χ0v) is 12.9. The second-order valence-electron chi connectivity index (χ2n) is 4.86. The molecule has 1 amide bonds. The van der Waals surface area contributed by atoms with Crippen molar-refractivity contribution in [3.8, 4) is 0 Å². The van der Waals surface area contributed by atoms with Crippen molar-refractivity contribution in [3.63, 3.8) is 0 Å². The van der Waals surface area contributed by atoms with Crippen LogP contribution in [0.2, 0.25) is 0 Å². The van der Waals surface area contributed by atoms with Gasteiger partial charge in [0.2, 0.25) is 0 Å². The normalized spacial score (nSPS) is 14.7. The molecule has 20 heavy (non-hydrogen) atoms. The molecule has 0 radical (unpaired) electrons. The Bertz CT molecular complexity index is 574. The largest absolute Gasteiger partial charge is 0.339 e. The highest BCUT2D eigenvalue weighted by molar-refractivity contribution is 7.98. The minimum Gasteiger partial charge on any atom is -0.339 e. The fraction of sp³-hybridized carbons (Fsp3) is 0.312. The van der Waals surface area contributed by atoms with Gasteiger partial charge < -0.3 is 4.90 Å². The first-order chi connectivity index (χ1) is 9.84. The molecule has 1 aliphatic rings. The van der Waals surface area contributed by atoms with Crippen LogP contribution < -0.4 is 0 Å². The van der Waals surface area contributed by atoms with Gasteiger partial charge >= 0.3 is 0 Å². The van der Waals surface area contributed by atoms with E-state index in [0.717, 1.165) is 42.1 Å². The molecule has 3 rings (SSSR count). The summed E-state index contributed by atoms with van der Waals surface area (Å²) >= 11 is 3.52. The number of carbonyl (C=O) groups excluding carboxylic acids is 1. The number of carbonyl (C=O) groups is 1. The molecule has 1 aromatic carbocycles. The molecule has 2 heterocycles. The number of likely N-dealkylation sites (tertiary alicyclic amines) is 1. The molecule has 0 saturated carbocycles. The Kier molecular flexibility index (Phi) is 4.43. The second-order valence-corrected chi connectivity index (χ2v) is 6.91. The first-order valence-corrected chi connectivity index (χ1v) is 8.74. The fourth-order valence-electron chi connectivity index (χ4n) is 2.40. The van der Waals surface area contributed by atoms with Crippen molar-refractivity contribution in [2.75, 3.05) is 13.1 Å². The van der Waals surface area contributed by atoms with Crippen LogP contribution in [0.5, 0.6) is 0 Å². The van der Waals surface area contributed by atoms with Gasteiger partial charge in [0.1, 0.15) is 0 Å². The van der Waals surface area contributed by atoms with Crippen LogP contribution in [0.25, 0.3) is 0 Å². The molecule has 1 saturated heterocycles. The number of rotatable bonds is 4. The summed E-state index contributed by atoms with van der Waals surface area (Å²) in [6.07, 6.45) is 2.27. The summed E-state index contributed by atoms with van der Waals surface area (Å²) in [6, 6.07) is 12.2. The number of benzene rings is 1. The van der Waals surface area contributed by atoms with Crippen molar-refractivity contribution in [1.82, 2.24) is 4.90 Å². The molecule has 1 fully saturated rings. The van der Waals surface area contributed by atoms with E-state index in [-0.39, 0.29) is 5.91 Å². The van der Waals surface area contributed by atoms with Gasteiger partial charge in [0, 0.05) is 28.6 Å². The maximum Gasteiger partial charge on any atom is 0.254 e. The number of hydrogen-bond acceptors (Lipinski definition) is 3. The number of nitrogens with zero attached hydrogens (tertiary/aromatic N) is 1. The van der Waals surface area contributed by atoms with Crippen molar-refractivity contribution >= 4 is 29.0 Å². The zero-order valence-electron chi connectivity index (χ0n) is 11.2. The number of hydrogen-bond donors (Lipinski definition) is 0. The minimum absolute atomic E-state index is 0.191.